The first-order chi connectivity index (χ1) is 9.58. The molecule has 0 aliphatic rings. The zero-order valence-electron chi connectivity index (χ0n) is 10.2. The van der Waals surface area contributed by atoms with E-state index < -0.39 is 17.7 Å². The predicted molar refractivity (Wildman–Crippen MR) is 81.9 cm³/mol. The van der Waals surface area contributed by atoms with E-state index in [-0.39, 0.29) is 10.0 Å². The number of hydrogen-bond donors (Lipinski definition) is 1. The maximum absolute atomic E-state index is 14.1. The lowest BCUT2D eigenvalue weighted by Gasteiger charge is -2.13. The monoisotopic (exact) mass is 353 g/mol. The SMILES string of the molecule is NC(c1cc2ccccc2s1)c1c(F)ccc(Br)c1F. The quantitative estimate of drug-likeness (QED) is 0.645. The number of halogens is 3. The molecule has 0 radical (unpaired) electrons. The van der Waals surface area contributed by atoms with E-state index in [1.54, 1.807) is 0 Å². The van der Waals surface area contributed by atoms with Crippen molar-refractivity contribution in [2.45, 2.75) is 6.04 Å². The topological polar surface area (TPSA) is 26.0 Å². The highest BCUT2D eigenvalue weighted by atomic mass is 79.9. The number of thiophene rings is 1. The minimum absolute atomic E-state index is 0.106. The number of benzene rings is 2. The molecule has 5 heteroatoms. The van der Waals surface area contributed by atoms with Crippen LogP contribution in [-0.2, 0) is 0 Å². The van der Waals surface area contributed by atoms with E-state index in [0.717, 1.165) is 15.0 Å². The molecule has 0 fully saturated rings. The highest BCUT2D eigenvalue weighted by Gasteiger charge is 2.22. The molecule has 0 amide bonds. The Hall–Kier alpha value is -1.30. The number of fused-ring (bicyclic) bond motifs is 1. The van der Waals surface area contributed by atoms with Gasteiger partial charge >= 0.3 is 0 Å². The first-order valence-corrected chi connectivity index (χ1v) is 7.56. The van der Waals surface area contributed by atoms with E-state index in [2.05, 4.69) is 15.9 Å². The van der Waals surface area contributed by atoms with E-state index in [1.807, 2.05) is 30.3 Å². The lowest BCUT2D eigenvalue weighted by atomic mass is 10.0. The lowest BCUT2D eigenvalue weighted by Crippen LogP contribution is -2.14. The van der Waals surface area contributed by atoms with Crippen LogP contribution in [0.5, 0.6) is 0 Å². The summed E-state index contributed by atoms with van der Waals surface area (Å²) in [7, 11) is 0. The van der Waals surface area contributed by atoms with Gasteiger partial charge in [0.1, 0.15) is 11.6 Å². The van der Waals surface area contributed by atoms with Crippen LogP contribution in [0.2, 0.25) is 0 Å². The molecule has 1 aromatic heterocycles. The second kappa shape index (κ2) is 5.24. The van der Waals surface area contributed by atoms with E-state index in [0.29, 0.717) is 0 Å². The van der Waals surface area contributed by atoms with Crippen LogP contribution in [0.15, 0.2) is 46.9 Å². The average molecular weight is 354 g/mol. The van der Waals surface area contributed by atoms with Crippen LogP contribution in [0.1, 0.15) is 16.5 Å². The van der Waals surface area contributed by atoms with Gasteiger partial charge < -0.3 is 5.73 Å². The van der Waals surface area contributed by atoms with Crippen LogP contribution < -0.4 is 5.73 Å². The highest BCUT2D eigenvalue weighted by Crippen LogP contribution is 2.35. The Balaban J connectivity index is 2.13. The van der Waals surface area contributed by atoms with Gasteiger partial charge in [-0.1, -0.05) is 18.2 Å². The van der Waals surface area contributed by atoms with Crippen LogP contribution in [0, 0.1) is 11.6 Å². The molecule has 2 N–H and O–H groups in total. The fourth-order valence-corrected chi connectivity index (χ4v) is 3.55. The second-order valence-electron chi connectivity index (χ2n) is 4.42. The molecule has 1 unspecified atom stereocenters. The van der Waals surface area contributed by atoms with Crippen LogP contribution in [0.4, 0.5) is 8.78 Å². The minimum atomic E-state index is -0.815. The summed E-state index contributed by atoms with van der Waals surface area (Å²) >= 11 is 4.51. The molecule has 3 rings (SSSR count). The molecule has 0 spiro atoms. The van der Waals surface area contributed by atoms with E-state index in [4.69, 9.17) is 5.73 Å². The second-order valence-corrected chi connectivity index (χ2v) is 6.39. The van der Waals surface area contributed by atoms with Crippen molar-refractivity contribution < 1.29 is 8.78 Å². The Morgan fingerprint density at radius 1 is 1.10 bits per heavy atom. The van der Waals surface area contributed by atoms with Crippen LogP contribution in [0.25, 0.3) is 10.1 Å². The molecular weight excluding hydrogens is 344 g/mol. The normalized spacial score (nSPS) is 12.8. The molecule has 0 aliphatic heterocycles. The summed E-state index contributed by atoms with van der Waals surface area (Å²) in [6, 6.07) is 11.4. The summed E-state index contributed by atoms with van der Waals surface area (Å²) in [5.41, 5.74) is 5.95. The Labute approximate surface area is 127 Å². The highest BCUT2D eigenvalue weighted by molar-refractivity contribution is 9.10. The van der Waals surface area contributed by atoms with Crippen molar-refractivity contribution in [2.75, 3.05) is 0 Å². The number of hydrogen-bond acceptors (Lipinski definition) is 2. The maximum atomic E-state index is 14.1. The van der Waals surface area contributed by atoms with Gasteiger partial charge in [0.15, 0.2) is 0 Å². The van der Waals surface area contributed by atoms with Crippen LogP contribution in [-0.4, -0.2) is 0 Å². The third-order valence-electron chi connectivity index (χ3n) is 3.14. The summed E-state index contributed by atoms with van der Waals surface area (Å²) in [6.45, 7) is 0. The summed E-state index contributed by atoms with van der Waals surface area (Å²) < 4.78 is 29.2. The first-order valence-electron chi connectivity index (χ1n) is 5.95. The molecule has 0 aliphatic carbocycles. The summed E-state index contributed by atoms with van der Waals surface area (Å²) in [5, 5.41) is 1.03. The molecular formula is C15H10BrF2NS. The smallest absolute Gasteiger partial charge is 0.145 e. The molecule has 20 heavy (non-hydrogen) atoms. The van der Waals surface area contributed by atoms with Crippen molar-refractivity contribution in [3.63, 3.8) is 0 Å². The van der Waals surface area contributed by atoms with Gasteiger partial charge in [0.05, 0.1) is 10.5 Å². The zero-order chi connectivity index (χ0) is 14.3. The van der Waals surface area contributed by atoms with Crippen molar-refractivity contribution in [3.05, 3.63) is 69.0 Å². The van der Waals surface area contributed by atoms with E-state index in [1.165, 1.54) is 23.5 Å². The van der Waals surface area contributed by atoms with Crippen molar-refractivity contribution in [1.82, 2.24) is 0 Å². The third-order valence-corrected chi connectivity index (χ3v) is 4.95. The maximum Gasteiger partial charge on any atom is 0.145 e. The van der Waals surface area contributed by atoms with E-state index >= 15 is 0 Å². The molecule has 1 heterocycles. The summed E-state index contributed by atoms with van der Waals surface area (Å²) in [4.78, 5) is 0.738. The molecule has 0 saturated heterocycles. The van der Waals surface area contributed by atoms with Crippen molar-refractivity contribution in [1.29, 1.82) is 0 Å². The van der Waals surface area contributed by atoms with Gasteiger partial charge in [0.25, 0.3) is 0 Å². The Morgan fingerprint density at radius 3 is 2.60 bits per heavy atom. The van der Waals surface area contributed by atoms with Gasteiger partial charge in [-0.05, 0) is 45.6 Å². The molecule has 3 aromatic rings. The summed E-state index contributed by atoms with van der Waals surface area (Å²) in [6.07, 6.45) is 0. The predicted octanol–water partition coefficient (Wildman–Crippen LogP) is 4.99. The van der Waals surface area contributed by atoms with Crippen molar-refractivity contribution in [2.24, 2.45) is 5.73 Å². The van der Waals surface area contributed by atoms with Crippen molar-refractivity contribution in [3.8, 4) is 0 Å². The minimum Gasteiger partial charge on any atom is -0.319 e. The number of rotatable bonds is 2. The van der Waals surface area contributed by atoms with E-state index in [9.17, 15) is 8.78 Å². The fraction of sp³-hybridized carbons (Fsp3) is 0.0667. The molecule has 102 valence electrons. The summed E-state index contributed by atoms with van der Waals surface area (Å²) in [5.74, 6) is -1.27. The molecule has 0 saturated carbocycles. The molecule has 1 atom stereocenters. The molecule has 0 bridgehead atoms. The van der Waals surface area contributed by atoms with Gasteiger partial charge in [-0.2, -0.15) is 0 Å². The van der Waals surface area contributed by atoms with Gasteiger partial charge in [0, 0.05) is 15.1 Å². The average Bonchev–Trinajstić information content (AvgIpc) is 2.87. The largest absolute Gasteiger partial charge is 0.319 e. The standard InChI is InChI=1S/C15H10BrF2NS/c16-9-5-6-10(17)13(14(9)18)15(19)12-7-8-3-1-2-4-11(8)20-12/h1-7,15H,19H2. The number of nitrogens with two attached hydrogens (primary N) is 1. The fourth-order valence-electron chi connectivity index (χ4n) is 2.13. The molecule has 1 nitrogen and oxygen atoms in total. The first kappa shape index (κ1) is 13.7. The Morgan fingerprint density at radius 2 is 1.85 bits per heavy atom. The van der Waals surface area contributed by atoms with Gasteiger partial charge in [0.2, 0.25) is 0 Å². The van der Waals surface area contributed by atoms with Gasteiger partial charge in [-0.15, -0.1) is 11.3 Å². The van der Waals surface area contributed by atoms with Crippen molar-refractivity contribution >= 4 is 37.4 Å². The Kier molecular flexibility index (Phi) is 3.58. The van der Waals surface area contributed by atoms with Gasteiger partial charge in [-0.25, -0.2) is 8.78 Å². The zero-order valence-corrected chi connectivity index (χ0v) is 12.6. The van der Waals surface area contributed by atoms with Gasteiger partial charge in [-0.3, -0.25) is 0 Å². The third kappa shape index (κ3) is 2.26. The van der Waals surface area contributed by atoms with Crippen LogP contribution >= 0.6 is 27.3 Å². The molecule has 2 aromatic carbocycles. The van der Waals surface area contributed by atoms with Crippen LogP contribution in [0.3, 0.4) is 0 Å². The lowest BCUT2D eigenvalue weighted by molar-refractivity contribution is 0.541. The Bertz CT molecular complexity index is 752.